The minimum atomic E-state index is -0.0969. The number of nitrogens with one attached hydrogen (secondary N) is 1. The van der Waals surface area contributed by atoms with Crippen molar-refractivity contribution in [2.45, 2.75) is 5.75 Å². The van der Waals surface area contributed by atoms with Crippen molar-refractivity contribution in [3.63, 3.8) is 0 Å². The topological polar surface area (TPSA) is 38.3 Å². The van der Waals surface area contributed by atoms with Gasteiger partial charge in [-0.15, -0.1) is 0 Å². The molecule has 0 aliphatic heterocycles. The number of carbonyl (C=O) groups excluding carboxylic acids is 1. The Kier molecular flexibility index (Phi) is 8.19. The largest absolute Gasteiger partial charge is 0.490 e. The maximum Gasteiger partial charge on any atom is 0.251 e. The van der Waals surface area contributed by atoms with Gasteiger partial charge in [-0.1, -0.05) is 41.9 Å². The second kappa shape index (κ2) is 10.4. The van der Waals surface area contributed by atoms with Crippen molar-refractivity contribution >= 4 is 40.9 Å². The van der Waals surface area contributed by atoms with Crippen molar-refractivity contribution in [3.8, 4) is 5.75 Å². The van der Waals surface area contributed by atoms with Gasteiger partial charge in [0.2, 0.25) is 0 Å². The molecule has 25 heavy (non-hydrogen) atoms. The van der Waals surface area contributed by atoms with Crippen LogP contribution in [0.15, 0.2) is 55.1 Å². The van der Waals surface area contributed by atoms with E-state index >= 15 is 0 Å². The SMILES string of the molecule is C=CCOc1ccc(C(=O)NCCSCc2ccc(Cl)cc2Cl)cc1. The van der Waals surface area contributed by atoms with E-state index in [1.807, 2.05) is 12.1 Å². The number of thioether (sulfide) groups is 1. The van der Waals surface area contributed by atoms with Crippen LogP contribution in [-0.4, -0.2) is 24.8 Å². The first-order valence-electron chi connectivity index (χ1n) is 7.74. The van der Waals surface area contributed by atoms with E-state index in [1.54, 1.807) is 48.2 Å². The Morgan fingerprint density at radius 2 is 1.96 bits per heavy atom. The molecular formula is C19H19Cl2NO2S. The van der Waals surface area contributed by atoms with Gasteiger partial charge in [0.05, 0.1) is 0 Å². The number of carbonyl (C=O) groups is 1. The molecule has 132 valence electrons. The lowest BCUT2D eigenvalue weighted by Crippen LogP contribution is -2.25. The van der Waals surface area contributed by atoms with Crippen LogP contribution in [0.1, 0.15) is 15.9 Å². The van der Waals surface area contributed by atoms with Crippen LogP contribution in [0.2, 0.25) is 10.0 Å². The summed E-state index contributed by atoms with van der Waals surface area (Å²) in [5.41, 5.74) is 1.65. The van der Waals surface area contributed by atoms with E-state index in [1.165, 1.54) is 0 Å². The van der Waals surface area contributed by atoms with Crippen LogP contribution in [0, 0.1) is 0 Å². The third kappa shape index (κ3) is 6.65. The summed E-state index contributed by atoms with van der Waals surface area (Å²) in [6.45, 7) is 4.63. The van der Waals surface area contributed by atoms with Crippen LogP contribution < -0.4 is 10.1 Å². The zero-order valence-electron chi connectivity index (χ0n) is 13.6. The highest BCUT2D eigenvalue weighted by Crippen LogP contribution is 2.24. The predicted octanol–water partition coefficient (Wildman–Crippen LogP) is 5.22. The zero-order valence-corrected chi connectivity index (χ0v) is 16.0. The summed E-state index contributed by atoms with van der Waals surface area (Å²) in [7, 11) is 0. The second-order valence-corrected chi connectivity index (χ2v) is 7.12. The molecule has 6 heteroatoms. The number of hydrogen-bond acceptors (Lipinski definition) is 3. The fourth-order valence-corrected chi connectivity index (χ4v) is 3.43. The smallest absolute Gasteiger partial charge is 0.251 e. The molecule has 1 amide bonds. The Labute approximate surface area is 162 Å². The maximum absolute atomic E-state index is 12.1. The van der Waals surface area contributed by atoms with E-state index in [2.05, 4.69) is 11.9 Å². The van der Waals surface area contributed by atoms with Gasteiger partial charge in [0.15, 0.2) is 0 Å². The fourth-order valence-electron chi connectivity index (χ4n) is 2.02. The Morgan fingerprint density at radius 1 is 1.20 bits per heavy atom. The lowest BCUT2D eigenvalue weighted by Gasteiger charge is -2.08. The Balaban J connectivity index is 1.70. The summed E-state index contributed by atoms with van der Waals surface area (Å²) in [6.07, 6.45) is 1.68. The molecule has 2 rings (SSSR count). The standard InChI is InChI=1S/C19H19Cl2NO2S/c1-2-10-24-17-7-4-14(5-8-17)19(23)22-9-11-25-13-15-3-6-16(20)12-18(15)21/h2-8,12H,1,9-11,13H2,(H,22,23). The minimum Gasteiger partial charge on any atom is -0.490 e. The molecule has 1 N–H and O–H groups in total. The maximum atomic E-state index is 12.1. The lowest BCUT2D eigenvalue weighted by molar-refractivity contribution is 0.0956. The highest BCUT2D eigenvalue weighted by molar-refractivity contribution is 7.98. The van der Waals surface area contributed by atoms with Crippen LogP contribution in [0.25, 0.3) is 0 Å². The molecule has 2 aromatic rings. The molecule has 0 radical (unpaired) electrons. The molecule has 0 aliphatic rings. The molecule has 0 saturated heterocycles. The van der Waals surface area contributed by atoms with Crippen molar-refractivity contribution in [2.24, 2.45) is 0 Å². The van der Waals surface area contributed by atoms with E-state index in [9.17, 15) is 4.79 Å². The predicted molar refractivity (Wildman–Crippen MR) is 107 cm³/mol. The number of hydrogen-bond donors (Lipinski definition) is 1. The summed E-state index contributed by atoms with van der Waals surface area (Å²) in [5.74, 6) is 2.19. The average molecular weight is 396 g/mol. The summed E-state index contributed by atoms with van der Waals surface area (Å²) in [5, 5.41) is 4.20. The summed E-state index contributed by atoms with van der Waals surface area (Å²) in [6, 6.07) is 12.5. The molecule has 0 aromatic heterocycles. The minimum absolute atomic E-state index is 0.0969. The van der Waals surface area contributed by atoms with Crippen molar-refractivity contribution in [2.75, 3.05) is 18.9 Å². The summed E-state index contributed by atoms with van der Waals surface area (Å²) in [4.78, 5) is 12.1. The highest BCUT2D eigenvalue weighted by atomic mass is 35.5. The third-order valence-corrected chi connectivity index (χ3v) is 4.88. The van der Waals surface area contributed by atoms with Crippen molar-refractivity contribution in [1.29, 1.82) is 0 Å². The molecule has 0 atom stereocenters. The van der Waals surface area contributed by atoms with E-state index in [-0.39, 0.29) is 5.91 Å². The van der Waals surface area contributed by atoms with Crippen molar-refractivity contribution < 1.29 is 9.53 Å². The first-order valence-corrected chi connectivity index (χ1v) is 9.65. The number of halogens is 2. The fraction of sp³-hybridized carbons (Fsp3) is 0.211. The van der Waals surface area contributed by atoms with E-state index < -0.39 is 0 Å². The van der Waals surface area contributed by atoms with E-state index in [0.717, 1.165) is 17.1 Å². The number of rotatable bonds is 9. The molecule has 0 aliphatic carbocycles. The molecule has 3 nitrogen and oxygen atoms in total. The summed E-state index contributed by atoms with van der Waals surface area (Å²) >= 11 is 13.7. The molecule has 0 saturated carbocycles. The Morgan fingerprint density at radius 3 is 2.64 bits per heavy atom. The van der Waals surface area contributed by atoms with Crippen molar-refractivity contribution in [1.82, 2.24) is 5.32 Å². The van der Waals surface area contributed by atoms with Gasteiger partial charge in [-0.05, 0) is 42.0 Å². The van der Waals surface area contributed by atoms with E-state index in [0.29, 0.717) is 34.5 Å². The highest BCUT2D eigenvalue weighted by Gasteiger charge is 2.06. The lowest BCUT2D eigenvalue weighted by atomic mass is 10.2. The Hall–Kier alpha value is -1.62. The second-order valence-electron chi connectivity index (χ2n) is 5.17. The first-order chi connectivity index (χ1) is 12.1. The number of ether oxygens (including phenoxy) is 1. The molecular weight excluding hydrogens is 377 g/mol. The monoisotopic (exact) mass is 395 g/mol. The quantitative estimate of drug-likeness (QED) is 0.467. The van der Waals surface area contributed by atoms with Crippen LogP contribution in [0.5, 0.6) is 5.75 Å². The first kappa shape index (κ1) is 19.7. The van der Waals surface area contributed by atoms with E-state index in [4.69, 9.17) is 27.9 Å². The van der Waals surface area contributed by atoms with Gasteiger partial charge in [0, 0.05) is 33.7 Å². The van der Waals surface area contributed by atoms with Gasteiger partial charge in [0.25, 0.3) is 5.91 Å². The number of amides is 1. The Bertz CT molecular complexity index is 720. The van der Waals surface area contributed by atoms with Gasteiger partial charge < -0.3 is 10.1 Å². The average Bonchev–Trinajstić information content (AvgIpc) is 2.61. The molecule has 2 aromatic carbocycles. The molecule has 0 bridgehead atoms. The van der Waals surface area contributed by atoms with Gasteiger partial charge in [0.1, 0.15) is 12.4 Å². The van der Waals surface area contributed by atoms with Crippen LogP contribution in [-0.2, 0) is 5.75 Å². The van der Waals surface area contributed by atoms with Crippen LogP contribution in [0.3, 0.4) is 0 Å². The van der Waals surface area contributed by atoms with Crippen molar-refractivity contribution in [3.05, 3.63) is 76.3 Å². The molecule has 0 fully saturated rings. The normalized spacial score (nSPS) is 10.3. The molecule has 0 heterocycles. The van der Waals surface area contributed by atoms with Crippen LogP contribution >= 0.6 is 35.0 Å². The molecule has 0 spiro atoms. The van der Waals surface area contributed by atoms with Gasteiger partial charge in [-0.3, -0.25) is 4.79 Å². The zero-order chi connectivity index (χ0) is 18.1. The van der Waals surface area contributed by atoms with Gasteiger partial charge in [-0.2, -0.15) is 11.8 Å². The van der Waals surface area contributed by atoms with Gasteiger partial charge >= 0.3 is 0 Å². The molecule has 0 unspecified atom stereocenters. The number of benzene rings is 2. The van der Waals surface area contributed by atoms with Crippen LogP contribution in [0.4, 0.5) is 0 Å². The van der Waals surface area contributed by atoms with Gasteiger partial charge in [-0.25, -0.2) is 0 Å². The third-order valence-electron chi connectivity index (χ3n) is 3.29. The summed E-state index contributed by atoms with van der Waals surface area (Å²) < 4.78 is 5.39.